The van der Waals surface area contributed by atoms with Crippen LogP contribution < -0.4 is 4.90 Å². The molecule has 1 spiro atoms. The smallest absolute Gasteiger partial charge is 0.0725 e. The molecule has 1 heteroatoms. The Morgan fingerprint density at radius 2 is 0.729 bits per heavy atom. The lowest BCUT2D eigenvalue weighted by Crippen LogP contribution is -2.27. The van der Waals surface area contributed by atoms with Crippen LogP contribution in [0.4, 0.5) is 17.1 Å². The molecule has 0 heterocycles. The van der Waals surface area contributed by atoms with Crippen molar-refractivity contribution < 1.29 is 0 Å². The predicted molar refractivity (Wildman–Crippen MR) is 295 cm³/mol. The van der Waals surface area contributed by atoms with Crippen LogP contribution in [0.15, 0.2) is 188 Å². The lowest BCUT2D eigenvalue weighted by Gasteiger charge is -2.33. The van der Waals surface area contributed by atoms with Gasteiger partial charge in [0.15, 0.2) is 0 Å². The molecule has 0 saturated heterocycles. The minimum absolute atomic E-state index is 0.0111. The third kappa shape index (κ3) is 5.73. The van der Waals surface area contributed by atoms with E-state index < -0.39 is 5.41 Å². The van der Waals surface area contributed by atoms with Crippen LogP contribution in [0, 0.1) is 0 Å². The Kier molecular flexibility index (Phi) is 8.83. The van der Waals surface area contributed by atoms with Gasteiger partial charge in [0.05, 0.1) is 11.1 Å². The molecule has 13 rings (SSSR count). The maximum Gasteiger partial charge on any atom is 0.0725 e. The van der Waals surface area contributed by atoms with E-state index in [9.17, 15) is 0 Å². The Morgan fingerprint density at radius 1 is 0.300 bits per heavy atom. The van der Waals surface area contributed by atoms with E-state index in [1.54, 1.807) is 0 Å². The maximum absolute atomic E-state index is 2.57. The molecular weight excluding hydrogens is 843 g/mol. The van der Waals surface area contributed by atoms with Gasteiger partial charge in [0.25, 0.3) is 0 Å². The topological polar surface area (TPSA) is 3.24 Å². The predicted octanol–water partition coefficient (Wildman–Crippen LogP) is 18.4. The lowest BCUT2D eigenvalue weighted by molar-refractivity contribution is 0.586. The molecule has 1 nitrogen and oxygen atoms in total. The highest BCUT2D eigenvalue weighted by Crippen LogP contribution is 2.64. The summed E-state index contributed by atoms with van der Waals surface area (Å²) in [5.41, 5.74) is 29.5. The summed E-state index contributed by atoms with van der Waals surface area (Å²) in [7, 11) is 0. The summed E-state index contributed by atoms with van der Waals surface area (Å²) in [5.74, 6) is 0. The van der Waals surface area contributed by atoms with Gasteiger partial charge >= 0.3 is 0 Å². The second-order valence-corrected chi connectivity index (χ2v) is 23.7. The van der Waals surface area contributed by atoms with Gasteiger partial charge in [-0.3, -0.25) is 0 Å². The van der Waals surface area contributed by atoms with Crippen molar-refractivity contribution in [1.29, 1.82) is 0 Å². The van der Waals surface area contributed by atoms with E-state index in [0.717, 1.165) is 17.1 Å². The number of hydrogen-bond acceptors (Lipinski definition) is 1. The molecule has 0 N–H and O–H groups in total. The van der Waals surface area contributed by atoms with Crippen LogP contribution in [0.25, 0.3) is 55.6 Å². The molecule has 0 bridgehead atoms. The van der Waals surface area contributed by atoms with Gasteiger partial charge in [-0.05, 0) is 147 Å². The number of rotatable bonds is 4. The first-order valence-corrected chi connectivity index (χ1v) is 25.4. The van der Waals surface area contributed by atoms with Crippen LogP contribution in [-0.4, -0.2) is 0 Å². The number of hydrogen-bond donors (Lipinski definition) is 0. The van der Waals surface area contributed by atoms with Crippen molar-refractivity contribution >= 4 is 17.1 Å². The first-order chi connectivity index (χ1) is 33.5. The molecule has 9 aromatic carbocycles. The molecule has 9 aromatic rings. The number of anilines is 3. The number of fused-ring (bicyclic) bond motifs is 16. The summed E-state index contributed by atoms with van der Waals surface area (Å²) >= 11 is 0. The monoisotopic (exact) mass is 903 g/mol. The van der Waals surface area contributed by atoms with E-state index in [4.69, 9.17) is 0 Å². The highest BCUT2D eigenvalue weighted by Gasteiger charge is 2.52. The average Bonchev–Trinajstić information content (AvgIpc) is 3.98. The summed E-state index contributed by atoms with van der Waals surface area (Å²) in [6, 6.07) is 72.9. The summed E-state index contributed by atoms with van der Waals surface area (Å²) in [6.45, 7) is 23.6. The number of para-hydroxylation sites is 1. The molecule has 0 radical (unpaired) electrons. The zero-order chi connectivity index (χ0) is 48.3. The van der Waals surface area contributed by atoms with Crippen LogP contribution in [-0.2, 0) is 27.1 Å². The highest BCUT2D eigenvalue weighted by atomic mass is 15.1. The molecule has 342 valence electrons. The number of nitrogens with zero attached hydrogens (tertiary/aromatic N) is 1. The summed E-state index contributed by atoms with van der Waals surface area (Å²) in [4.78, 5) is 2.57. The van der Waals surface area contributed by atoms with Crippen molar-refractivity contribution in [3.63, 3.8) is 0 Å². The number of benzene rings is 9. The van der Waals surface area contributed by atoms with E-state index in [2.05, 4.69) is 262 Å². The van der Waals surface area contributed by atoms with Gasteiger partial charge in [0.2, 0.25) is 0 Å². The molecule has 0 aromatic heterocycles. The fraction of sp³-hybridized carbons (Fsp3) is 0.217. The highest BCUT2D eigenvalue weighted by molar-refractivity contribution is 6.01. The van der Waals surface area contributed by atoms with Gasteiger partial charge in [0, 0.05) is 27.8 Å². The quantitative estimate of drug-likeness (QED) is 0.170. The van der Waals surface area contributed by atoms with Crippen molar-refractivity contribution in [2.45, 2.75) is 96.3 Å². The van der Waals surface area contributed by atoms with E-state index in [1.807, 2.05) is 0 Å². The maximum atomic E-state index is 2.57. The zero-order valence-corrected chi connectivity index (χ0v) is 42.3. The first-order valence-electron chi connectivity index (χ1n) is 25.4. The Balaban J connectivity index is 1.08. The van der Waals surface area contributed by atoms with Crippen LogP contribution >= 0.6 is 0 Å². The van der Waals surface area contributed by atoms with Crippen LogP contribution in [0.1, 0.15) is 125 Å². The molecule has 0 aliphatic heterocycles. The van der Waals surface area contributed by atoms with Gasteiger partial charge in [0.1, 0.15) is 0 Å². The molecule has 0 saturated carbocycles. The van der Waals surface area contributed by atoms with Crippen LogP contribution in [0.2, 0.25) is 0 Å². The Labute approximate surface area is 415 Å². The summed E-state index contributed by atoms with van der Waals surface area (Å²) in [6.07, 6.45) is 0. The molecular formula is C69H61N. The van der Waals surface area contributed by atoms with Crippen molar-refractivity contribution in [1.82, 2.24) is 0 Å². The molecule has 0 amide bonds. The van der Waals surface area contributed by atoms with Gasteiger partial charge in [-0.2, -0.15) is 0 Å². The molecule has 0 atom stereocenters. The summed E-state index contributed by atoms with van der Waals surface area (Å²) < 4.78 is 0. The summed E-state index contributed by atoms with van der Waals surface area (Å²) in [5, 5.41) is 0. The second kappa shape index (κ2) is 14.4. The van der Waals surface area contributed by atoms with Gasteiger partial charge in [-0.15, -0.1) is 0 Å². The molecule has 4 aliphatic rings. The average molecular weight is 904 g/mol. The van der Waals surface area contributed by atoms with Crippen molar-refractivity contribution in [3.05, 3.63) is 244 Å². The Morgan fingerprint density at radius 3 is 1.37 bits per heavy atom. The van der Waals surface area contributed by atoms with Crippen molar-refractivity contribution in [2.24, 2.45) is 0 Å². The van der Waals surface area contributed by atoms with Crippen LogP contribution in [0.5, 0.6) is 0 Å². The fourth-order valence-electron chi connectivity index (χ4n) is 13.4. The van der Waals surface area contributed by atoms with E-state index in [-0.39, 0.29) is 21.7 Å². The third-order valence-electron chi connectivity index (χ3n) is 17.0. The zero-order valence-electron chi connectivity index (χ0n) is 42.3. The van der Waals surface area contributed by atoms with Gasteiger partial charge < -0.3 is 4.90 Å². The minimum atomic E-state index is -0.478. The van der Waals surface area contributed by atoms with Crippen molar-refractivity contribution in [2.75, 3.05) is 4.90 Å². The largest absolute Gasteiger partial charge is 0.310 e. The fourth-order valence-corrected chi connectivity index (χ4v) is 13.4. The SMILES string of the molecule is CC(C)(C)c1ccc2c(c1)C1(c3ccccc3-c3cc(N(c4ccc5c(c4)C(C)(C)c4ccccc4-5)c4ccccc4-c4cccc5c4-c4ccccc4C5(C)C)ccc31)c1cc(C(C)(C)C)ccc1-2. The van der Waals surface area contributed by atoms with E-state index >= 15 is 0 Å². The van der Waals surface area contributed by atoms with E-state index in [1.165, 1.54) is 111 Å². The molecule has 0 fully saturated rings. The third-order valence-corrected chi connectivity index (χ3v) is 17.0. The second-order valence-electron chi connectivity index (χ2n) is 23.7. The standard InChI is InChI=1S/C69H61N/c1-65(2,3)42-30-34-49-50-35-31-43(66(4,5)6)39-62(50)69(61(49)38-42)57-27-17-12-21-47(57)54-40-44(33-37-58(54)69)70(45-32-36-48-46-20-11-15-25-55(46)68(9,10)60(48)41-45)63-29-18-14-22-51(63)52-24-19-28-59-64(52)53-23-13-16-26-56(53)67(59,7)8/h11-41H,1-10H3. The molecule has 4 aliphatic carbocycles. The Bertz CT molecular complexity index is 3630. The minimum Gasteiger partial charge on any atom is -0.310 e. The molecule has 0 unspecified atom stereocenters. The van der Waals surface area contributed by atoms with Crippen molar-refractivity contribution in [3.8, 4) is 55.6 Å². The molecule has 70 heavy (non-hydrogen) atoms. The van der Waals surface area contributed by atoms with Crippen LogP contribution in [0.3, 0.4) is 0 Å². The first kappa shape index (κ1) is 42.8. The normalized spacial score (nSPS) is 15.6. The lowest BCUT2D eigenvalue weighted by atomic mass is 9.69. The van der Waals surface area contributed by atoms with Gasteiger partial charge in [-0.25, -0.2) is 0 Å². The Hall–Kier alpha value is -7.22. The van der Waals surface area contributed by atoms with E-state index in [0.29, 0.717) is 0 Å². The van der Waals surface area contributed by atoms with Gasteiger partial charge in [-0.1, -0.05) is 227 Å².